The molecule has 1 amide bonds. The Morgan fingerprint density at radius 1 is 1.32 bits per heavy atom. The van der Waals surface area contributed by atoms with Gasteiger partial charge in [-0.25, -0.2) is 12.7 Å². The van der Waals surface area contributed by atoms with Crippen LogP contribution in [0.25, 0.3) is 0 Å². The highest BCUT2D eigenvalue weighted by Crippen LogP contribution is 2.20. The number of hydrogen-bond acceptors (Lipinski definition) is 3. The lowest BCUT2D eigenvalue weighted by atomic mass is 10.0. The molecule has 1 aliphatic carbocycles. The number of hydrogen-bond donors (Lipinski definition) is 1. The normalized spacial score (nSPS) is 25.6. The van der Waals surface area contributed by atoms with Gasteiger partial charge >= 0.3 is 0 Å². The monoisotopic (exact) mass is 286 g/mol. The molecule has 0 aromatic heterocycles. The number of amides is 1. The molecule has 1 aliphatic heterocycles. The molecule has 5 nitrogen and oxygen atoms in total. The maximum Gasteiger partial charge on any atom is 0.220 e. The van der Waals surface area contributed by atoms with Gasteiger partial charge in [0, 0.05) is 25.6 Å². The molecule has 2 aliphatic rings. The Labute approximate surface area is 115 Å². The second kappa shape index (κ2) is 6.05. The van der Waals surface area contributed by atoms with Gasteiger partial charge in [0.25, 0.3) is 0 Å². The lowest BCUT2D eigenvalue weighted by Gasteiger charge is -2.30. The summed E-state index contributed by atoms with van der Waals surface area (Å²) in [5, 5.41) is 3.02. The first-order chi connectivity index (χ1) is 8.95. The summed E-state index contributed by atoms with van der Waals surface area (Å²) >= 11 is 0. The highest BCUT2D eigenvalue weighted by atomic mass is 32.2. The van der Waals surface area contributed by atoms with Gasteiger partial charge in [-0.05, 0) is 31.6 Å². The molecule has 2 rings (SSSR count). The van der Waals surface area contributed by atoms with Crippen LogP contribution in [0.2, 0.25) is 0 Å². The lowest BCUT2D eigenvalue weighted by Crippen LogP contribution is -2.46. The molecule has 1 atom stereocenters. The Morgan fingerprint density at radius 2 is 2.00 bits per heavy atom. The summed E-state index contributed by atoms with van der Waals surface area (Å²) in [6.07, 6.45) is 9.60. The standard InChI is InChI=1S/C13H22N2O3S/c1-19(17,18)15-8-6-12(7-9-15)14-13(16)10-11-4-2-3-5-11/h2,4,11-12H,3,5-10H2,1H3,(H,14,16)/t11-/m1/s1. The van der Waals surface area contributed by atoms with Crippen molar-refractivity contribution in [3.8, 4) is 0 Å². The van der Waals surface area contributed by atoms with Crippen molar-refractivity contribution < 1.29 is 13.2 Å². The van der Waals surface area contributed by atoms with Gasteiger partial charge in [-0.1, -0.05) is 12.2 Å². The molecule has 0 bridgehead atoms. The Bertz CT molecular complexity index is 451. The van der Waals surface area contributed by atoms with E-state index in [-0.39, 0.29) is 11.9 Å². The second-order valence-electron chi connectivity index (χ2n) is 5.47. The molecule has 0 unspecified atom stereocenters. The Kier molecular flexibility index (Phi) is 4.62. The fraction of sp³-hybridized carbons (Fsp3) is 0.769. The molecule has 0 aromatic rings. The summed E-state index contributed by atoms with van der Waals surface area (Å²) < 4.78 is 24.2. The van der Waals surface area contributed by atoms with E-state index in [0.29, 0.717) is 38.3 Å². The number of rotatable bonds is 4. The number of carbonyl (C=O) groups excluding carboxylic acids is 1. The van der Waals surface area contributed by atoms with Crippen LogP contribution in [-0.4, -0.2) is 44.0 Å². The van der Waals surface area contributed by atoms with Crippen molar-refractivity contribution in [1.29, 1.82) is 0 Å². The van der Waals surface area contributed by atoms with Crippen molar-refractivity contribution in [2.24, 2.45) is 5.92 Å². The maximum absolute atomic E-state index is 11.9. The summed E-state index contributed by atoms with van der Waals surface area (Å²) in [6, 6.07) is 0.121. The zero-order valence-electron chi connectivity index (χ0n) is 11.3. The molecule has 0 radical (unpaired) electrons. The van der Waals surface area contributed by atoms with Crippen molar-refractivity contribution in [3.63, 3.8) is 0 Å². The van der Waals surface area contributed by atoms with Crippen LogP contribution in [0.15, 0.2) is 12.2 Å². The summed E-state index contributed by atoms with van der Waals surface area (Å²) in [5.41, 5.74) is 0. The van der Waals surface area contributed by atoms with Gasteiger partial charge in [-0.3, -0.25) is 4.79 Å². The summed E-state index contributed by atoms with van der Waals surface area (Å²) in [5.74, 6) is 0.477. The zero-order valence-corrected chi connectivity index (χ0v) is 12.2. The minimum atomic E-state index is -3.08. The van der Waals surface area contributed by atoms with Crippen LogP contribution < -0.4 is 5.32 Å². The van der Waals surface area contributed by atoms with Crippen LogP contribution in [0.5, 0.6) is 0 Å². The average molecular weight is 286 g/mol. The van der Waals surface area contributed by atoms with Crippen LogP contribution in [0.3, 0.4) is 0 Å². The third-order valence-electron chi connectivity index (χ3n) is 3.85. The predicted octanol–water partition coefficient (Wildman–Crippen LogP) is 0.883. The van der Waals surface area contributed by atoms with E-state index >= 15 is 0 Å². The van der Waals surface area contributed by atoms with Crippen LogP contribution in [0.1, 0.15) is 32.1 Å². The van der Waals surface area contributed by atoms with E-state index in [1.54, 1.807) is 0 Å². The number of sulfonamides is 1. The fourth-order valence-corrected chi connectivity index (χ4v) is 3.60. The molecule has 108 valence electrons. The van der Waals surface area contributed by atoms with E-state index in [4.69, 9.17) is 0 Å². The summed E-state index contributed by atoms with van der Waals surface area (Å²) in [6.45, 7) is 1.01. The number of allylic oxidation sites excluding steroid dienone is 2. The van der Waals surface area contributed by atoms with Gasteiger partial charge in [-0.15, -0.1) is 0 Å². The maximum atomic E-state index is 11.9. The number of nitrogens with one attached hydrogen (secondary N) is 1. The molecule has 6 heteroatoms. The van der Waals surface area contributed by atoms with Gasteiger partial charge in [0.2, 0.25) is 15.9 Å². The van der Waals surface area contributed by atoms with E-state index < -0.39 is 10.0 Å². The van der Waals surface area contributed by atoms with Crippen molar-refractivity contribution in [1.82, 2.24) is 9.62 Å². The van der Waals surface area contributed by atoms with Gasteiger partial charge in [-0.2, -0.15) is 0 Å². The molecule has 0 spiro atoms. The first kappa shape index (κ1) is 14.5. The van der Waals surface area contributed by atoms with Crippen LogP contribution in [0, 0.1) is 5.92 Å². The minimum Gasteiger partial charge on any atom is -0.353 e. The van der Waals surface area contributed by atoms with Gasteiger partial charge in [0.05, 0.1) is 6.26 Å². The summed E-state index contributed by atoms with van der Waals surface area (Å²) in [7, 11) is -3.08. The third kappa shape index (κ3) is 4.31. The zero-order chi connectivity index (χ0) is 13.9. The van der Waals surface area contributed by atoms with E-state index in [2.05, 4.69) is 17.5 Å². The lowest BCUT2D eigenvalue weighted by molar-refractivity contribution is -0.122. The van der Waals surface area contributed by atoms with E-state index in [9.17, 15) is 13.2 Å². The van der Waals surface area contributed by atoms with Crippen molar-refractivity contribution >= 4 is 15.9 Å². The second-order valence-corrected chi connectivity index (χ2v) is 7.46. The molecule has 1 heterocycles. The number of nitrogens with zero attached hydrogens (tertiary/aromatic N) is 1. The van der Waals surface area contributed by atoms with E-state index in [0.717, 1.165) is 12.8 Å². The number of carbonyl (C=O) groups is 1. The van der Waals surface area contributed by atoms with Crippen molar-refractivity contribution in [2.45, 2.75) is 38.1 Å². The first-order valence-corrected chi connectivity index (χ1v) is 8.71. The molecule has 1 fully saturated rings. The Hall–Kier alpha value is -0.880. The smallest absolute Gasteiger partial charge is 0.220 e. The van der Waals surface area contributed by atoms with Crippen LogP contribution >= 0.6 is 0 Å². The Morgan fingerprint density at radius 3 is 2.53 bits per heavy atom. The Balaban J connectivity index is 1.73. The van der Waals surface area contributed by atoms with Gasteiger partial charge in [0.1, 0.15) is 0 Å². The van der Waals surface area contributed by atoms with E-state index in [1.165, 1.54) is 10.6 Å². The molecule has 1 saturated heterocycles. The molecule has 1 N–H and O–H groups in total. The summed E-state index contributed by atoms with van der Waals surface area (Å²) in [4.78, 5) is 11.9. The molecular weight excluding hydrogens is 264 g/mol. The van der Waals surface area contributed by atoms with Gasteiger partial charge < -0.3 is 5.32 Å². The minimum absolute atomic E-state index is 0.0920. The molecule has 0 aromatic carbocycles. The number of piperidine rings is 1. The molecule has 0 saturated carbocycles. The third-order valence-corrected chi connectivity index (χ3v) is 5.15. The van der Waals surface area contributed by atoms with Crippen LogP contribution in [0.4, 0.5) is 0 Å². The predicted molar refractivity (Wildman–Crippen MR) is 74.1 cm³/mol. The molecular formula is C13H22N2O3S. The topological polar surface area (TPSA) is 66.5 Å². The first-order valence-electron chi connectivity index (χ1n) is 6.86. The van der Waals surface area contributed by atoms with E-state index in [1.807, 2.05) is 0 Å². The fourth-order valence-electron chi connectivity index (χ4n) is 2.72. The highest BCUT2D eigenvalue weighted by Gasteiger charge is 2.26. The quantitative estimate of drug-likeness (QED) is 0.780. The van der Waals surface area contributed by atoms with Crippen molar-refractivity contribution in [3.05, 3.63) is 12.2 Å². The van der Waals surface area contributed by atoms with Crippen molar-refractivity contribution in [2.75, 3.05) is 19.3 Å². The average Bonchev–Trinajstić information content (AvgIpc) is 2.81. The van der Waals surface area contributed by atoms with Crippen LogP contribution in [-0.2, 0) is 14.8 Å². The largest absolute Gasteiger partial charge is 0.353 e. The van der Waals surface area contributed by atoms with Gasteiger partial charge in [0.15, 0.2) is 0 Å². The SMILES string of the molecule is CS(=O)(=O)N1CCC(NC(=O)C[C@@H]2C=CCC2)CC1. The molecule has 19 heavy (non-hydrogen) atoms. The highest BCUT2D eigenvalue weighted by molar-refractivity contribution is 7.88.